The van der Waals surface area contributed by atoms with Crippen molar-refractivity contribution in [2.75, 3.05) is 13.3 Å². The normalized spacial score (nSPS) is 11.8. The Bertz CT molecular complexity index is 774. The molecule has 0 unspecified atom stereocenters. The Balaban J connectivity index is 1.48. The maximum atomic E-state index is 12.2. The molecule has 3 rings (SSSR count). The first-order valence-corrected chi connectivity index (χ1v) is 7.91. The number of nitrogens with one attached hydrogen (secondary N) is 2. The van der Waals surface area contributed by atoms with Crippen molar-refractivity contribution in [3.8, 4) is 11.5 Å². The van der Waals surface area contributed by atoms with E-state index >= 15 is 0 Å². The van der Waals surface area contributed by atoms with Crippen molar-refractivity contribution in [3.05, 3.63) is 59.2 Å². The third kappa shape index (κ3) is 4.41. The van der Waals surface area contributed by atoms with Crippen LogP contribution >= 0.6 is 0 Å². The summed E-state index contributed by atoms with van der Waals surface area (Å²) < 4.78 is 10.6. The quantitative estimate of drug-likeness (QED) is 0.742. The van der Waals surface area contributed by atoms with E-state index in [9.17, 15) is 9.59 Å². The van der Waals surface area contributed by atoms with Crippen LogP contribution in [0.5, 0.6) is 11.5 Å². The molecule has 2 aromatic carbocycles. The lowest BCUT2D eigenvalue weighted by molar-refractivity contribution is 0.0954. The smallest absolute Gasteiger partial charge is 0.312 e. The van der Waals surface area contributed by atoms with Crippen LogP contribution in [0.3, 0.4) is 0 Å². The third-order valence-corrected chi connectivity index (χ3v) is 3.82. The molecule has 7 heteroatoms. The van der Waals surface area contributed by atoms with Crippen LogP contribution in [-0.2, 0) is 13.0 Å². The van der Waals surface area contributed by atoms with Gasteiger partial charge in [0.25, 0.3) is 5.91 Å². The Morgan fingerprint density at radius 2 is 1.68 bits per heavy atom. The molecule has 0 bridgehead atoms. The van der Waals surface area contributed by atoms with E-state index in [0.29, 0.717) is 25.1 Å². The number of ether oxygens (including phenoxy) is 2. The molecule has 0 aromatic heterocycles. The topological polar surface area (TPSA) is 103 Å². The van der Waals surface area contributed by atoms with Crippen molar-refractivity contribution in [1.82, 2.24) is 10.6 Å². The Morgan fingerprint density at radius 1 is 0.960 bits per heavy atom. The number of hydrogen-bond donors (Lipinski definition) is 3. The van der Waals surface area contributed by atoms with E-state index in [2.05, 4.69) is 10.6 Å². The fraction of sp³-hybridized carbons (Fsp3) is 0.222. The largest absolute Gasteiger partial charge is 0.454 e. The molecule has 130 valence electrons. The lowest BCUT2D eigenvalue weighted by atomic mass is 10.1. The Morgan fingerprint density at radius 3 is 2.44 bits per heavy atom. The second-order valence-electron chi connectivity index (χ2n) is 5.61. The van der Waals surface area contributed by atoms with Gasteiger partial charge in [0.1, 0.15) is 0 Å². The van der Waals surface area contributed by atoms with Gasteiger partial charge in [0, 0.05) is 18.7 Å². The minimum atomic E-state index is -0.578. The summed E-state index contributed by atoms with van der Waals surface area (Å²) in [6.45, 7) is 1.10. The second kappa shape index (κ2) is 7.57. The maximum Gasteiger partial charge on any atom is 0.312 e. The van der Waals surface area contributed by atoms with Crippen LogP contribution in [-0.4, -0.2) is 25.3 Å². The highest BCUT2D eigenvalue weighted by atomic mass is 16.7. The Labute approximate surface area is 145 Å². The van der Waals surface area contributed by atoms with Crippen LogP contribution in [0, 0.1) is 0 Å². The molecule has 3 amide bonds. The fourth-order valence-corrected chi connectivity index (χ4v) is 2.48. The minimum Gasteiger partial charge on any atom is -0.454 e. The summed E-state index contributed by atoms with van der Waals surface area (Å²) in [7, 11) is 0. The van der Waals surface area contributed by atoms with E-state index in [1.807, 2.05) is 18.2 Å². The van der Waals surface area contributed by atoms with Crippen molar-refractivity contribution >= 4 is 11.9 Å². The van der Waals surface area contributed by atoms with Gasteiger partial charge in [-0.15, -0.1) is 0 Å². The fourth-order valence-electron chi connectivity index (χ4n) is 2.48. The third-order valence-electron chi connectivity index (χ3n) is 3.82. The first-order chi connectivity index (χ1) is 12.1. The van der Waals surface area contributed by atoms with Gasteiger partial charge >= 0.3 is 6.03 Å². The molecule has 1 aliphatic rings. The summed E-state index contributed by atoms with van der Waals surface area (Å²) in [4.78, 5) is 22.8. The molecule has 1 heterocycles. The standard InChI is InChI=1S/C18H19N3O4/c19-18(23)21-10-13-1-4-14(5-2-13)17(22)20-8-7-12-3-6-15-16(9-12)25-11-24-15/h1-6,9H,7-8,10-11H2,(H,20,22)(H3,19,21,23). The Hall–Kier alpha value is -3.22. The number of urea groups is 1. The molecule has 0 atom stereocenters. The first kappa shape index (κ1) is 16.6. The van der Waals surface area contributed by atoms with Gasteiger partial charge < -0.3 is 25.8 Å². The van der Waals surface area contributed by atoms with Gasteiger partial charge in [-0.25, -0.2) is 4.79 Å². The lowest BCUT2D eigenvalue weighted by Crippen LogP contribution is -2.28. The second-order valence-corrected chi connectivity index (χ2v) is 5.61. The number of amides is 3. The van der Waals surface area contributed by atoms with E-state index < -0.39 is 6.03 Å². The molecular formula is C18H19N3O4. The Kier molecular flexibility index (Phi) is 5.03. The number of nitrogens with two attached hydrogens (primary N) is 1. The van der Waals surface area contributed by atoms with Gasteiger partial charge in [-0.05, 0) is 41.8 Å². The highest BCUT2D eigenvalue weighted by molar-refractivity contribution is 5.94. The molecule has 1 aliphatic heterocycles. The zero-order chi connectivity index (χ0) is 17.6. The van der Waals surface area contributed by atoms with Crippen LogP contribution in [0.1, 0.15) is 21.5 Å². The summed E-state index contributed by atoms with van der Waals surface area (Å²) in [5, 5.41) is 5.38. The average molecular weight is 341 g/mol. The predicted molar refractivity (Wildman–Crippen MR) is 91.5 cm³/mol. The van der Waals surface area contributed by atoms with Crippen molar-refractivity contribution in [3.63, 3.8) is 0 Å². The van der Waals surface area contributed by atoms with Gasteiger partial charge in [-0.3, -0.25) is 4.79 Å². The maximum absolute atomic E-state index is 12.2. The summed E-state index contributed by atoms with van der Waals surface area (Å²) in [6, 6.07) is 12.2. The number of carbonyl (C=O) groups is 2. The van der Waals surface area contributed by atoms with Crippen molar-refractivity contribution in [2.45, 2.75) is 13.0 Å². The van der Waals surface area contributed by atoms with Gasteiger partial charge in [0.05, 0.1) is 0 Å². The van der Waals surface area contributed by atoms with E-state index in [0.717, 1.165) is 22.6 Å². The van der Waals surface area contributed by atoms with Crippen LogP contribution < -0.4 is 25.8 Å². The number of primary amides is 1. The molecule has 2 aromatic rings. The van der Waals surface area contributed by atoms with E-state index in [4.69, 9.17) is 15.2 Å². The minimum absolute atomic E-state index is 0.143. The molecule has 0 saturated heterocycles. The monoisotopic (exact) mass is 341 g/mol. The van der Waals surface area contributed by atoms with Crippen LogP contribution in [0.4, 0.5) is 4.79 Å². The summed E-state index contributed by atoms with van der Waals surface area (Å²) in [5.41, 5.74) is 7.52. The number of benzene rings is 2. The van der Waals surface area contributed by atoms with Gasteiger partial charge in [-0.1, -0.05) is 18.2 Å². The van der Waals surface area contributed by atoms with Crippen molar-refractivity contribution < 1.29 is 19.1 Å². The van der Waals surface area contributed by atoms with Crippen molar-refractivity contribution in [1.29, 1.82) is 0 Å². The number of hydrogen-bond acceptors (Lipinski definition) is 4. The SMILES string of the molecule is NC(=O)NCc1ccc(C(=O)NCCc2ccc3c(c2)OCO3)cc1. The number of rotatable bonds is 6. The van der Waals surface area contributed by atoms with Crippen molar-refractivity contribution in [2.24, 2.45) is 5.73 Å². The van der Waals surface area contributed by atoms with Crippen LogP contribution in [0.2, 0.25) is 0 Å². The van der Waals surface area contributed by atoms with Crippen LogP contribution in [0.15, 0.2) is 42.5 Å². The molecule has 0 aliphatic carbocycles. The molecule has 0 spiro atoms. The molecule has 4 N–H and O–H groups in total. The molecular weight excluding hydrogens is 322 g/mol. The highest BCUT2D eigenvalue weighted by Gasteiger charge is 2.13. The van der Waals surface area contributed by atoms with Gasteiger partial charge in [0.2, 0.25) is 6.79 Å². The van der Waals surface area contributed by atoms with E-state index in [1.54, 1.807) is 24.3 Å². The molecule has 0 radical (unpaired) electrons. The number of fused-ring (bicyclic) bond motifs is 1. The lowest BCUT2D eigenvalue weighted by Gasteiger charge is -2.07. The first-order valence-electron chi connectivity index (χ1n) is 7.91. The summed E-state index contributed by atoms with van der Waals surface area (Å²) >= 11 is 0. The van der Waals surface area contributed by atoms with E-state index in [-0.39, 0.29) is 12.7 Å². The predicted octanol–water partition coefficient (Wildman–Crippen LogP) is 1.56. The van der Waals surface area contributed by atoms with Gasteiger partial charge in [0.15, 0.2) is 11.5 Å². The summed E-state index contributed by atoms with van der Waals surface area (Å²) in [6.07, 6.45) is 0.697. The number of carbonyl (C=O) groups excluding carboxylic acids is 2. The van der Waals surface area contributed by atoms with Gasteiger partial charge in [-0.2, -0.15) is 0 Å². The molecule has 25 heavy (non-hydrogen) atoms. The molecule has 0 fully saturated rings. The highest BCUT2D eigenvalue weighted by Crippen LogP contribution is 2.32. The average Bonchev–Trinajstić information content (AvgIpc) is 3.08. The zero-order valence-electron chi connectivity index (χ0n) is 13.6. The molecule has 0 saturated carbocycles. The van der Waals surface area contributed by atoms with Crippen LogP contribution in [0.25, 0.3) is 0 Å². The zero-order valence-corrected chi connectivity index (χ0v) is 13.6. The molecule has 7 nitrogen and oxygen atoms in total. The summed E-state index contributed by atoms with van der Waals surface area (Å²) in [5.74, 6) is 1.35. The van der Waals surface area contributed by atoms with E-state index in [1.165, 1.54) is 0 Å².